The highest BCUT2D eigenvalue weighted by molar-refractivity contribution is 5.81. The summed E-state index contributed by atoms with van der Waals surface area (Å²) in [6.45, 7) is 10.0. The lowest BCUT2D eigenvalue weighted by Crippen LogP contribution is -2.49. The van der Waals surface area contributed by atoms with Crippen LogP contribution in [0.15, 0.2) is 0 Å². The number of amides is 1. The highest BCUT2D eigenvalue weighted by Crippen LogP contribution is 2.09. The molecule has 2 unspecified atom stereocenters. The first-order chi connectivity index (χ1) is 8.19. The lowest BCUT2D eigenvalue weighted by atomic mass is 10.1. The molecule has 0 aliphatic carbocycles. The van der Waals surface area contributed by atoms with E-state index in [0.717, 1.165) is 32.6 Å². The molecule has 2 N–H and O–H groups in total. The van der Waals surface area contributed by atoms with Gasteiger partial charge in [-0.15, -0.1) is 0 Å². The fraction of sp³-hybridized carbons (Fsp3) is 0.923. The van der Waals surface area contributed by atoms with Gasteiger partial charge in [0.15, 0.2) is 0 Å². The second-order valence-electron chi connectivity index (χ2n) is 4.85. The number of carbonyl (C=O) groups excluding carboxylic acids is 1. The highest BCUT2D eigenvalue weighted by atomic mass is 16.2. The lowest BCUT2D eigenvalue weighted by molar-refractivity contribution is -0.125. The lowest BCUT2D eigenvalue weighted by Gasteiger charge is -2.29. The molecule has 0 bridgehead atoms. The second-order valence-corrected chi connectivity index (χ2v) is 4.85. The Balaban J connectivity index is 2.38. The average Bonchev–Trinajstić information content (AvgIpc) is 2.84. The Morgan fingerprint density at radius 1 is 1.53 bits per heavy atom. The molecular weight excluding hydrogens is 214 g/mol. The van der Waals surface area contributed by atoms with Crippen LogP contribution in [0.2, 0.25) is 0 Å². The van der Waals surface area contributed by atoms with Crippen LogP contribution in [0, 0.1) is 0 Å². The Bertz CT molecular complexity index is 227. The van der Waals surface area contributed by atoms with Gasteiger partial charge in [0.25, 0.3) is 0 Å². The maximum Gasteiger partial charge on any atom is 0.237 e. The zero-order chi connectivity index (χ0) is 12.7. The van der Waals surface area contributed by atoms with Gasteiger partial charge in [0.2, 0.25) is 5.91 Å². The standard InChI is InChI=1S/C13H27N3O/c1-4-8-15-13(17)11(3)16(5-2)10-12-7-6-9-14-12/h11-12,14H,4-10H2,1-3H3,(H,15,17). The van der Waals surface area contributed by atoms with Gasteiger partial charge in [-0.3, -0.25) is 9.69 Å². The molecule has 1 aliphatic heterocycles. The first-order valence-electron chi connectivity index (χ1n) is 6.94. The van der Waals surface area contributed by atoms with Crippen LogP contribution in [0.5, 0.6) is 0 Å². The van der Waals surface area contributed by atoms with Crippen molar-refractivity contribution in [3.05, 3.63) is 0 Å². The van der Waals surface area contributed by atoms with Gasteiger partial charge in [0.05, 0.1) is 6.04 Å². The van der Waals surface area contributed by atoms with E-state index in [-0.39, 0.29) is 11.9 Å². The summed E-state index contributed by atoms with van der Waals surface area (Å²) in [5.74, 6) is 0.159. The van der Waals surface area contributed by atoms with Gasteiger partial charge >= 0.3 is 0 Å². The number of nitrogens with one attached hydrogen (secondary N) is 2. The number of carbonyl (C=O) groups is 1. The van der Waals surface area contributed by atoms with Crippen molar-refractivity contribution in [2.45, 2.75) is 52.1 Å². The third kappa shape index (κ3) is 4.64. The van der Waals surface area contributed by atoms with Gasteiger partial charge in [-0.05, 0) is 39.3 Å². The Kier molecular flexibility index (Phi) is 6.52. The molecule has 0 spiro atoms. The summed E-state index contributed by atoms with van der Waals surface area (Å²) in [5.41, 5.74) is 0. The Morgan fingerprint density at radius 2 is 2.29 bits per heavy atom. The molecule has 0 aromatic carbocycles. The summed E-state index contributed by atoms with van der Waals surface area (Å²) in [7, 11) is 0. The summed E-state index contributed by atoms with van der Waals surface area (Å²) in [5, 5.41) is 6.46. The summed E-state index contributed by atoms with van der Waals surface area (Å²) < 4.78 is 0. The van der Waals surface area contributed by atoms with Crippen LogP contribution in [0.25, 0.3) is 0 Å². The quantitative estimate of drug-likeness (QED) is 0.698. The molecule has 0 aromatic heterocycles. The largest absolute Gasteiger partial charge is 0.355 e. The van der Waals surface area contributed by atoms with E-state index in [1.54, 1.807) is 0 Å². The zero-order valence-corrected chi connectivity index (χ0v) is 11.5. The van der Waals surface area contributed by atoms with Crippen molar-refractivity contribution in [2.75, 3.05) is 26.2 Å². The smallest absolute Gasteiger partial charge is 0.237 e. The van der Waals surface area contributed by atoms with Crippen LogP contribution in [0.1, 0.15) is 40.0 Å². The van der Waals surface area contributed by atoms with E-state index in [2.05, 4.69) is 29.4 Å². The summed E-state index contributed by atoms with van der Waals surface area (Å²) in [6, 6.07) is 0.547. The molecule has 1 rings (SSSR count). The fourth-order valence-electron chi connectivity index (χ4n) is 2.32. The van der Waals surface area contributed by atoms with E-state index in [1.165, 1.54) is 12.8 Å². The van der Waals surface area contributed by atoms with Crippen molar-refractivity contribution in [2.24, 2.45) is 0 Å². The topological polar surface area (TPSA) is 44.4 Å². The molecule has 0 saturated carbocycles. The van der Waals surface area contributed by atoms with E-state index in [4.69, 9.17) is 0 Å². The van der Waals surface area contributed by atoms with Crippen LogP contribution in [0.4, 0.5) is 0 Å². The Labute approximate surface area is 105 Å². The van der Waals surface area contributed by atoms with Gasteiger partial charge in [-0.25, -0.2) is 0 Å². The van der Waals surface area contributed by atoms with Crippen molar-refractivity contribution >= 4 is 5.91 Å². The predicted octanol–water partition coefficient (Wildman–Crippen LogP) is 0.975. The number of nitrogens with zero attached hydrogens (tertiary/aromatic N) is 1. The molecule has 0 aromatic rings. The van der Waals surface area contributed by atoms with E-state index < -0.39 is 0 Å². The van der Waals surface area contributed by atoms with Crippen LogP contribution < -0.4 is 10.6 Å². The van der Waals surface area contributed by atoms with Crippen molar-refractivity contribution in [3.63, 3.8) is 0 Å². The normalized spacial score (nSPS) is 21.8. The molecule has 2 atom stereocenters. The molecule has 17 heavy (non-hydrogen) atoms. The predicted molar refractivity (Wildman–Crippen MR) is 71.0 cm³/mol. The van der Waals surface area contributed by atoms with Crippen molar-refractivity contribution < 1.29 is 4.79 Å². The maximum atomic E-state index is 11.9. The first-order valence-corrected chi connectivity index (χ1v) is 6.94. The third-order valence-corrected chi connectivity index (χ3v) is 3.50. The molecule has 1 heterocycles. The molecule has 100 valence electrons. The number of rotatable bonds is 7. The summed E-state index contributed by atoms with van der Waals surface area (Å²) in [4.78, 5) is 14.2. The molecule has 1 aliphatic rings. The van der Waals surface area contributed by atoms with Crippen LogP contribution in [0.3, 0.4) is 0 Å². The van der Waals surface area contributed by atoms with Gasteiger partial charge in [0, 0.05) is 19.1 Å². The van der Waals surface area contributed by atoms with Crippen LogP contribution in [-0.4, -0.2) is 49.1 Å². The third-order valence-electron chi connectivity index (χ3n) is 3.50. The van der Waals surface area contributed by atoms with E-state index in [9.17, 15) is 4.79 Å². The number of hydrogen-bond acceptors (Lipinski definition) is 3. The van der Waals surface area contributed by atoms with Gasteiger partial charge in [-0.1, -0.05) is 13.8 Å². The molecule has 1 saturated heterocycles. The molecule has 1 amide bonds. The Morgan fingerprint density at radius 3 is 2.82 bits per heavy atom. The van der Waals surface area contributed by atoms with Gasteiger partial charge in [0.1, 0.15) is 0 Å². The average molecular weight is 241 g/mol. The van der Waals surface area contributed by atoms with Gasteiger partial charge < -0.3 is 10.6 Å². The van der Waals surface area contributed by atoms with Crippen LogP contribution in [-0.2, 0) is 4.79 Å². The monoisotopic (exact) mass is 241 g/mol. The fourth-order valence-corrected chi connectivity index (χ4v) is 2.32. The van der Waals surface area contributed by atoms with Crippen molar-refractivity contribution in [3.8, 4) is 0 Å². The second kappa shape index (κ2) is 7.67. The number of hydrogen-bond donors (Lipinski definition) is 2. The van der Waals surface area contributed by atoms with Crippen LogP contribution >= 0.6 is 0 Å². The number of likely N-dealkylation sites (N-methyl/N-ethyl adjacent to an activating group) is 1. The minimum Gasteiger partial charge on any atom is -0.355 e. The van der Waals surface area contributed by atoms with E-state index >= 15 is 0 Å². The van der Waals surface area contributed by atoms with E-state index in [0.29, 0.717) is 6.04 Å². The summed E-state index contributed by atoms with van der Waals surface area (Å²) >= 11 is 0. The SMILES string of the molecule is CCCNC(=O)C(C)N(CC)CC1CCCN1. The zero-order valence-electron chi connectivity index (χ0n) is 11.5. The first kappa shape index (κ1) is 14.5. The van der Waals surface area contributed by atoms with Gasteiger partial charge in [-0.2, -0.15) is 0 Å². The molecule has 4 nitrogen and oxygen atoms in total. The Hall–Kier alpha value is -0.610. The maximum absolute atomic E-state index is 11.9. The molecular formula is C13H27N3O. The van der Waals surface area contributed by atoms with E-state index in [1.807, 2.05) is 6.92 Å². The molecule has 1 fully saturated rings. The minimum atomic E-state index is -0.0195. The molecule has 0 radical (unpaired) electrons. The highest BCUT2D eigenvalue weighted by Gasteiger charge is 2.23. The van der Waals surface area contributed by atoms with Crippen molar-refractivity contribution in [1.29, 1.82) is 0 Å². The van der Waals surface area contributed by atoms with Crippen molar-refractivity contribution in [1.82, 2.24) is 15.5 Å². The summed E-state index contributed by atoms with van der Waals surface area (Å²) in [6.07, 6.45) is 3.49. The minimum absolute atomic E-state index is 0.0195. The molecule has 4 heteroatoms.